The Morgan fingerprint density at radius 2 is 2.10 bits per heavy atom. The third-order valence-corrected chi connectivity index (χ3v) is 5.90. The smallest absolute Gasteiger partial charge is 0.263 e. The number of hydrogen-bond donors (Lipinski definition) is 2. The lowest BCUT2D eigenvalue weighted by atomic mass is 9.79. The number of amides is 1. The van der Waals surface area contributed by atoms with Crippen molar-refractivity contribution in [2.45, 2.75) is 27.2 Å². The molecule has 0 radical (unpaired) electrons. The van der Waals surface area contributed by atoms with E-state index in [4.69, 9.17) is 4.74 Å². The van der Waals surface area contributed by atoms with Crippen LogP contribution in [0.2, 0.25) is 0 Å². The highest BCUT2D eigenvalue weighted by Crippen LogP contribution is 2.38. The molecular formula is C21H26N8O2. The van der Waals surface area contributed by atoms with Crippen LogP contribution in [0.5, 0.6) is 5.88 Å². The van der Waals surface area contributed by atoms with Gasteiger partial charge in [0.15, 0.2) is 5.65 Å². The van der Waals surface area contributed by atoms with E-state index in [9.17, 15) is 4.79 Å². The number of nitrogens with zero attached hydrogens (tertiary/aromatic N) is 6. The summed E-state index contributed by atoms with van der Waals surface area (Å²) in [4.78, 5) is 33.0. The first-order chi connectivity index (χ1) is 15.0. The van der Waals surface area contributed by atoms with Crippen molar-refractivity contribution < 1.29 is 9.53 Å². The Morgan fingerprint density at radius 1 is 1.26 bits per heavy atom. The van der Waals surface area contributed by atoms with Crippen molar-refractivity contribution in [2.24, 2.45) is 5.41 Å². The predicted molar refractivity (Wildman–Crippen MR) is 116 cm³/mol. The Kier molecular flexibility index (Phi) is 4.73. The molecule has 2 aliphatic heterocycles. The van der Waals surface area contributed by atoms with Crippen molar-refractivity contribution in [3.05, 3.63) is 35.5 Å². The van der Waals surface area contributed by atoms with Gasteiger partial charge in [-0.3, -0.25) is 4.79 Å². The van der Waals surface area contributed by atoms with Crippen LogP contribution in [-0.2, 0) is 0 Å². The Labute approximate surface area is 180 Å². The Hall–Kier alpha value is -3.27. The molecule has 3 aromatic heterocycles. The van der Waals surface area contributed by atoms with Crippen LogP contribution in [0.15, 0.2) is 18.6 Å². The summed E-state index contributed by atoms with van der Waals surface area (Å²) < 4.78 is 7.54. The number of carbonyl (C=O) groups excluding carboxylic acids is 1. The summed E-state index contributed by atoms with van der Waals surface area (Å²) in [5.74, 6) is 0.948. The number of nitrogens with one attached hydrogen (secondary N) is 2. The number of aryl methyl sites for hydroxylation is 2. The van der Waals surface area contributed by atoms with Crippen LogP contribution in [0.3, 0.4) is 0 Å². The number of imidazole rings is 1. The average molecular weight is 422 g/mol. The topological polar surface area (TPSA) is 110 Å². The van der Waals surface area contributed by atoms with Gasteiger partial charge in [-0.1, -0.05) is 0 Å². The molecule has 0 bridgehead atoms. The van der Waals surface area contributed by atoms with Gasteiger partial charge in [0.2, 0.25) is 11.8 Å². The normalized spacial score (nSPS) is 17.2. The fourth-order valence-electron chi connectivity index (χ4n) is 4.40. The predicted octanol–water partition coefficient (Wildman–Crippen LogP) is 1.59. The number of anilines is 2. The molecule has 10 heteroatoms. The molecule has 0 saturated carbocycles. The van der Waals surface area contributed by atoms with E-state index in [1.54, 1.807) is 6.20 Å². The largest absolute Gasteiger partial charge is 0.477 e. The minimum absolute atomic E-state index is 0.282. The third kappa shape index (κ3) is 3.56. The van der Waals surface area contributed by atoms with Gasteiger partial charge >= 0.3 is 0 Å². The van der Waals surface area contributed by atoms with Gasteiger partial charge in [0.05, 0.1) is 24.2 Å². The zero-order valence-corrected chi connectivity index (χ0v) is 18.0. The van der Waals surface area contributed by atoms with Crippen molar-refractivity contribution in [3.63, 3.8) is 0 Å². The summed E-state index contributed by atoms with van der Waals surface area (Å²) in [5, 5.41) is 6.26. The molecule has 3 aromatic rings. The zero-order chi connectivity index (χ0) is 21.6. The maximum Gasteiger partial charge on any atom is 0.263 e. The van der Waals surface area contributed by atoms with E-state index in [1.165, 1.54) is 12.6 Å². The van der Waals surface area contributed by atoms with Crippen LogP contribution < -0.4 is 20.3 Å². The second-order valence-corrected chi connectivity index (χ2v) is 8.38. The standard InChI is InChI=1S/C21H26N8O2/c1-4-31-19-15(7-23-20(27-19)29-11-21(12-29)5-6-22-10-21)18(30)26-16-9-28-8-13(2)24-17(28)14(3)25-16/h7-9,22H,4-6,10-12H2,1-3H3,(H,26,30). The molecule has 1 spiro atoms. The first-order valence-electron chi connectivity index (χ1n) is 10.6. The average Bonchev–Trinajstić information content (AvgIpc) is 3.34. The van der Waals surface area contributed by atoms with E-state index in [-0.39, 0.29) is 17.4 Å². The maximum absolute atomic E-state index is 13.0. The second kappa shape index (κ2) is 7.45. The number of aromatic nitrogens is 5. The van der Waals surface area contributed by atoms with Crippen LogP contribution in [0, 0.1) is 19.3 Å². The monoisotopic (exact) mass is 422 g/mol. The number of carbonyl (C=O) groups is 1. The molecule has 0 aromatic carbocycles. The molecule has 0 aliphatic carbocycles. The fraction of sp³-hybridized carbons (Fsp3) is 0.476. The minimum atomic E-state index is -0.363. The van der Waals surface area contributed by atoms with Crippen molar-refractivity contribution in [2.75, 3.05) is 43.0 Å². The quantitative estimate of drug-likeness (QED) is 0.638. The molecule has 5 heterocycles. The lowest BCUT2D eigenvalue weighted by Gasteiger charge is -2.47. The van der Waals surface area contributed by atoms with E-state index in [0.717, 1.165) is 43.2 Å². The molecule has 2 aliphatic rings. The highest BCUT2D eigenvalue weighted by molar-refractivity contribution is 6.05. The van der Waals surface area contributed by atoms with Gasteiger partial charge in [0, 0.05) is 37.4 Å². The van der Waals surface area contributed by atoms with Gasteiger partial charge in [-0.25, -0.2) is 15.0 Å². The number of ether oxygens (including phenoxy) is 1. The molecular weight excluding hydrogens is 396 g/mol. The summed E-state index contributed by atoms with van der Waals surface area (Å²) in [7, 11) is 0. The summed E-state index contributed by atoms with van der Waals surface area (Å²) in [6.45, 7) is 10.00. The number of rotatable bonds is 5. The molecule has 0 unspecified atom stereocenters. The van der Waals surface area contributed by atoms with Crippen molar-refractivity contribution in [3.8, 4) is 5.88 Å². The maximum atomic E-state index is 13.0. The van der Waals surface area contributed by atoms with Gasteiger partial charge in [0.1, 0.15) is 11.4 Å². The SMILES string of the molecule is CCOc1nc(N2CC3(CCNC3)C2)ncc1C(=O)Nc1cn2cc(C)nc2c(C)n1. The Morgan fingerprint density at radius 3 is 2.84 bits per heavy atom. The van der Waals surface area contributed by atoms with Crippen LogP contribution in [-0.4, -0.2) is 63.0 Å². The number of hydrogen-bond acceptors (Lipinski definition) is 8. The molecule has 31 heavy (non-hydrogen) atoms. The van der Waals surface area contributed by atoms with Crippen molar-refractivity contribution in [1.82, 2.24) is 29.7 Å². The molecule has 5 rings (SSSR count). The molecule has 2 saturated heterocycles. The molecule has 2 fully saturated rings. The van der Waals surface area contributed by atoms with Crippen molar-refractivity contribution >= 4 is 23.3 Å². The van der Waals surface area contributed by atoms with Gasteiger partial charge < -0.3 is 24.7 Å². The summed E-state index contributed by atoms with van der Waals surface area (Å²) in [6, 6.07) is 0. The summed E-state index contributed by atoms with van der Waals surface area (Å²) in [5.41, 5.74) is 3.00. The summed E-state index contributed by atoms with van der Waals surface area (Å²) in [6.07, 6.45) is 6.34. The molecule has 10 nitrogen and oxygen atoms in total. The van der Waals surface area contributed by atoms with E-state index in [1.807, 2.05) is 31.4 Å². The van der Waals surface area contributed by atoms with E-state index in [2.05, 4.69) is 35.5 Å². The van der Waals surface area contributed by atoms with Gasteiger partial charge in [-0.05, 0) is 33.7 Å². The molecule has 2 N–H and O–H groups in total. The fourth-order valence-corrected chi connectivity index (χ4v) is 4.40. The highest BCUT2D eigenvalue weighted by Gasteiger charge is 2.46. The summed E-state index contributed by atoms with van der Waals surface area (Å²) >= 11 is 0. The van der Waals surface area contributed by atoms with E-state index in [0.29, 0.717) is 23.8 Å². The van der Waals surface area contributed by atoms with E-state index < -0.39 is 0 Å². The zero-order valence-electron chi connectivity index (χ0n) is 18.0. The van der Waals surface area contributed by atoms with Crippen LogP contribution >= 0.6 is 0 Å². The van der Waals surface area contributed by atoms with Crippen molar-refractivity contribution in [1.29, 1.82) is 0 Å². The van der Waals surface area contributed by atoms with Gasteiger partial charge in [-0.2, -0.15) is 4.98 Å². The lowest BCUT2D eigenvalue weighted by Crippen LogP contribution is -2.58. The van der Waals surface area contributed by atoms with Crippen LogP contribution in [0.25, 0.3) is 5.65 Å². The highest BCUT2D eigenvalue weighted by atomic mass is 16.5. The molecule has 162 valence electrons. The van der Waals surface area contributed by atoms with E-state index >= 15 is 0 Å². The van der Waals surface area contributed by atoms with Gasteiger partial charge in [0.25, 0.3) is 5.91 Å². The van der Waals surface area contributed by atoms with Crippen LogP contribution in [0.4, 0.5) is 11.8 Å². The molecule has 1 amide bonds. The van der Waals surface area contributed by atoms with Crippen LogP contribution in [0.1, 0.15) is 35.1 Å². The first-order valence-corrected chi connectivity index (χ1v) is 10.6. The second-order valence-electron chi connectivity index (χ2n) is 8.38. The molecule has 0 atom stereocenters. The van der Waals surface area contributed by atoms with Gasteiger partial charge in [-0.15, -0.1) is 0 Å². The number of fused-ring (bicyclic) bond motifs is 1. The minimum Gasteiger partial charge on any atom is -0.477 e. The third-order valence-electron chi connectivity index (χ3n) is 5.90. The first kappa shape index (κ1) is 19.7. The lowest BCUT2D eigenvalue weighted by molar-refractivity contribution is 0.102. The Bertz CT molecular complexity index is 1140. The Balaban J connectivity index is 1.37.